The monoisotopic (exact) mass is 443 g/mol. The van der Waals surface area contributed by atoms with Crippen molar-refractivity contribution < 1.29 is 10.2 Å². The molecule has 0 saturated heterocycles. The SMILES string of the molecule is Oc1ccc2ccccc2c1C=NC(c1ccccc1)(c1ccccc1)[C@@H](O)c1ccccc1. The smallest absolute Gasteiger partial charge is 0.141 e. The van der Waals surface area contributed by atoms with Crippen LogP contribution < -0.4 is 0 Å². The van der Waals surface area contributed by atoms with Crippen LogP contribution in [0.4, 0.5) is 0 Å². The molecule has 0 fully saturated rings. The molecule has 0 aromatic heterocycles. The largest absolute Gasteiger partial charge is 0.507 e. The third-order valence-electron chi connectivity index (χ3n) is 6.28. The minimum Gasteiger partial charge on any atom is -0.507 e. The van der Waals surface area contributed by atoms with E-state index >= 15 is 0 Å². The summed E-state index contributed by atoms with van der Waals surface area (Å²) in [6, 6.07) is 40.7. The second-order valence-electron chi connectivity index (χ2n) is 8.29. The van der Waals surface area contributed by atoms with E-state index in [0.29, 0.717) is 5.56 Å². The number of phenolic OH excluding ortho intramolecular Hbond substituents is 1. The Kier molecular flexibility index (Phi) is 5.94. The van der Waals surface area contributed by atoms with E-state index in [1.807, 2.05) is 121 Å². The molecule has 0 bridgehead atoms. The van der Waals surface area contributed by atoms with Crippen molar-refractivity contribution in [3.8, 4) is 5.75 Å². The Balaban J connectivity index is 1.79. The number of aliphatic hydroxyl groups is 1. The van der Waals surface area contributed by atoms with Gasteiger partial charge in [0.15, 0.2) is 0 Å². The van der Waals surface area contributed by atoms with Gasteiger partial charge in [0.2, 0.25) is 0 Å². The van der Waals surface area contributed by atoms with Gasteiger partial charge in [-0.3, -0.25) is 4.99 Å². The van der Waals surface area contributed by atoms with Gasteiger partial charge < -0.3 is 10.2 Å². The summed E-state index contributed by atoms with van der Waals surface area (Å²) in [5.41, 5.74) is 1.96. The van der Waals surface area contributed by atoms with Crippen LogP contribution in [-0.2, 0) is 5.54 Å². The molecule has 3 nitrogen and oxygen atoms in total. The molecule has 1 atom stereocenters. The van der Waals surface area contributed by atoms with Gasteiger partial charge in [-0.2, -0.15) is 0 Å². The van der Waals surface area contributed by atoms with E-state index in [0.717, 1.165) is 27.5 Å². The third kappa shape index (κ3) is 3.87. The fraction of sp³-hybridized carbons (Fsp3) is 0.0645. The van der Waals surface area contributed by atoms with E-state index in [9.17, 15) is 10.2 Å². The molecule has 2 N–H and O–H groups in total. The number of nitrogens with zero attached hydrogens (tertiary/aromatic N) is 1. The molecule has 0 radical (unpaired) electrons. The predicted molar refractivity (Wildman–Crippen MR) is 138 cm³/mol. The molecule has 0 aliphatic heterocycles. The molecule has 0 saturated carbocycles. The van der Waals surface area contributed by atoms with Crippen LogP contribution in [0.2, 0.25) is 0 Å². The number of hydrogen-bond acceptors (Lipinski definition) is 3. The van der Waals surface area contributed by atoms with Crippen molar-refractivity contribution in [2.24, 2.45) is 4.99 Å². The Hall–Kier alpha value is -4.21. The first-order valence-corrected chi connectivity index (χ1v) is 11.3. The molecular weight excluding hydrogens is 418 g/mol. The lowest BCUT2D eigenvalue weighted by molar-refractivity contribution is 0.107. The lowest BCUT2D eigenvalue weighted by atomic mass is 9.76. The minimum atomic E-state index is -1.13. The third-order valence-corrected chi connectivity index (χ3v) is 6.28. The number of aliphatic imine (C=N–C) groups is 1. The molecular formula is C31H25NO2. The van der Waals surface area contributed by atoms with E-state index < -0.39 is 11.6 Å². The molecule has 0 heterocycles. The summed E-state index contributed by atoms with van der Waals surface area (Å²) in [5.74, 6) is 0.145. The van der Waals surface area contributed by atoms with Crippen molar-refractivity contribution in [1.82, 2.24) is 0 Å². The lowest BCUT2D eigenvalue weighted by Gasteiger charge is -2.36. The summed E-state index contributed by atoms with van der Waals surface area (Å²) in [6.45, 7) is 0. The number of phenols is 1. The lowest BCUT2D eigenvalue weighted by Crippen LogP contribution is -2.33. The van der Waals surface area contributed by atoms with Crippen LogP contribution in [0.25, 0.3) is 10.8 Å². The number of aromatic hydroxyl groups is 1. The van der Waals surface area contributed by atoms with E-state index in [1.54, 1.807) is 12.3 Å². The van der Waals surface area contributed by atoms with E-state index in [2.05, 4.69) is 0 Å². The molecule has 0 aliphatic carbocycles. The average molecular weight is 444 g/mol. The van der Waals surface area contributed by atoms with Crippen molar-refractivity contribution in [2.45, 2.75) is 11.6 Å². The van der Waals surface area contributed by atoms with Gasteiger partial charge in [-0.05, 0) is 33.5 Å². The van der Waals surface area contributed by atoms with E-state index in [1.165, 1.54) is 0 Å². The first kappa shape index (κ1) is 21.6. The number of hydrogen-bond donors (Lipinski definition) is 2. The van der Waals surface area contributed by atoms with Gasteiger partial charge in [0.25, 0.3) is 0 Å². The molecule has 0 aliphatic rings. The van der Waals surface area contributed by atoms with Crippen LogP contribution in [0.5, 0.6) is 5.75 Å². The fourth-order valence-electron chi connectivity index (χ4n) is 4.55. The first-order chi connectivity index (χ1) is 16.7. The summed E-state index contributed by atoms with van der Waals surface area (Å²) in [6.07, 6.45) is 0.732. The molecule has 0 amide bonds. The number of benzene rings is 5. The molecule has 166 valence electrons. The molecule has 0 spiro atoms. The number of fused-ring (bicyclic) bond motifs is 1. The summed E-state index contributed by atoms with van der Waals surface area (Å²) < 4.78 is 0. The van der Waals surface area contributed by atoms with Gasteiger partial charge in [-0.25, -0.2) is 0 Å². The summed E-state index contributed by atoms with van der Waals surface area (Å²) in [4.78, 5) is 5.12. The normalized spacial score (nSPS) is 12.7. The van der Waals surface area contributed by atoms with Crippen LogP contribution in [0.15, 0.2) is 132 Å². The zero-order valence-corrected chi connectivity index (χ0v) is 18.6. The van der Waals surface area contributed by atoms with Crippen molar-refractivity contribution in [3.63, 3.8) is 0 Å². The van der Waals surface area contributed by atoms with Gasteiger partial charge in [0.05, 0.1) is 0 Å². The molecule has 5 aromatic rings. The molecule has 5 rings (SSSR count). The van der Waals surface area contributed by atoms with Gasteiger partial charge >= 0.3 is 0 Å². The Labute approximate surface area is 199 Å². The highest BCUT2D eigenvalue weighted by Crippen LogP contribution is 2.45. The van der Waals surface area contributed by atoms with E-state index in [-0.39, 0.29) is 5.75 Å². The Morgan fingerprint density at radius 3 is 1.76 bits per heavy atom. The topological polar surface area (TPSA) is 52.8 Å². The van der Waals surface area contributed by atoms with Crippen molar-refractivity contribution in [2.75, 3.05) is 0 Å². The van der Waals surface area contributed by atoms with Gasteiger partial charge in [-0.1, -0.05) is 121 Å². The summed E-state index contributed by atoms with van der Waals surface area (Å²) >= 11 is 0. The van der Waals surface area contributed by atoms with Gasteiger partial charge in [-0.15, -0.1) is 0 Å². The predicted octanol–water partition coefficient (Wildman–Crippen LogP) is 6.64. The van der Waals surface area contributed by atoms with Crippen molar-refractivity contribution in [3.05, 3.63) is 150 Å². The van der Waals surface area contributed by atoms with Crippen molar-refractivity contribution >= 4 is 17.0 Å². The second kappa shape index (κ2) is 9.34. The van der Waals surface area contributed by atoms with Crippen LogP contribution in [0.1, 0.15) is 28.4 Å². The molecule has 0 unspecified atom stereocenters. The zero-order chi connectivity index (χ0) is 23.4. The maximum absolute atomic E-state index is 11.9. The van der Waals surface area contributed by atoms with Gasteiger partial charge in [0, 0.05) is 11.8 Å². The highest BCUT2D eigenvalue weighted by molar-refractivity contribution is 6.02. The highest BCUT2D eigenvalue weighted by atomic mass is 16.3. The first-order valence-electron chi connectivity index (χ1n) is 11.3. The molecule has 3 heteroatoms. The summed E-state index contributed by atoms with van der Waals surface area (Å²) in [5, 5.41) is 24.6. The zero-order valence-electron chi connectivity index (χ0n) is 18.6. The van der Waals surface area contributed by atoms with Crippen LogP contribution >= 0.6 is 0 Å². The highest BCUT2D eigenvalue weighted by Gasteiger charge is 2.42. The Bertz CT molecular complexity index is 1370. The fourth-order valence-corrected chi connectivity index (χ4v) is 4.55. The number of aliphatic hydroxyl groups excluding tert-OH is 1. The Morgan fingerprint density at radius 2 is 1.15 bits per heavy atom. The van der Waals surface area contributed by atoms with Crippen LogP contribution in [-0.4, -0.2) is 16.4 Å². The van der Waals surface area contributed by atoms with Crippen LogP contribution in [0, 0.1) is 0 Å². The average Bonchev–Trinajstić information content (AvgIpc) is 2.91. The molecule has 34 heavy (non-hydrogen) atoms. The minimum absolute atomic E-state index is 0.145. The standard InChI is InChI=1S/C31H25NO2/c33-29-21-20-23-12-10-11-19-27(23)28(29)22-32-31(25-15-6-2-7-16-25,26-17-8-3-9-18-26)30(34)24-13-4-1-5-14-24/h1-22,30,33-34H/t30-/m0/s1. The summed E-state index contributed by atoms with van der Waals surface area (Å²) in [7, 11) is 0. The number of rotatable bonds is 6. The molecule has 5 aromatic carbocycles. The van der Waals surface area contributed by atoms with Crippen LogP contribution in [0.3, 0.4) is 0 Å². The van der Waals surface area contributed by atoms with E-state index in [4.69, 9.17) is 4.99 Å². The maximum atomic E-state index is 11.9. The maximum Gasteiger partial charge on any atom is 0.141 e. The van der Waals surface area contributed by atoms with Crippen molar-refractivity contribution in [1.29, 1.82) is 0 Å². The Morgan fingerprint density at radius 1 is 0.618 bits per heavy atom. The second-order valence-corrected chi connectivity index (χ2v) is 8.29. The van der Waals surface area contributed by atoms with Gasteiger partial charge in [0.1, 0.15) is 17.4 Å². The quantitative estimate of drug-likeness (QED) is 0.289.